The zero-order valence-corrected chi connectivity index (χ0v) is 7.97. The van der Waals surface area contributed by atoms with Gasteiger partial charge in [-0.3, -0.25) is 4.79 Å². The molecule has 0 spiro atoms. The van der Waals surface area contributed by atoms with Gasteiger partial charge in [0, 0.05) is 5.56 Å². The smallest absolute Gasteiger partial charge is 0.151 e. The van der Waals surface area contributed by atoms with Crippen LogP contribution in [0.3, 0.4) is 0 Å². The number of fused-ring (bicyclic) bond motifs is 1. The number of nitrogens with zero attached hydrogens (tertiary/aromatic N) is 1. The number of hydrogen-bond donors (Lipinski definition) is 1. The number of nitrogen functional groups attached to an aromatic ring is 1. The molecule has 14 heavy (non-hydrogen) atoms. The first-order valence-electron chi connectivity index (χ1n) is 3.93. The standard InChI is InChI=1S/C10H6N2OS/c11-4-8-7(5-13)2-1-6-3-9(12)14-10(6)8/h1-3,5H,12H2. The van der Waals surface area contributed by atoms with E-state index in [9.17, 15) is 4.79 Å². The van der Waals surface area contributed by atoms with Crippen LogP contribution in [0.4, 0.5) is 5.00 Å². The number of nitrogens with two attached hydrogens (primary N) is 1. The van der Waals surface area contributed by atoms with Crippen LogP contribution in [0, 0.1) is 11.3 Å². The minimum Gasteiger partial charge on any atom is -0.391 e. The number of nitriles is 1. The highest BCUT2D eigenvalue weighted by molar-refractivity contribution is 7.22. The molecule has 0 bridgehead atoms. The molecule has 2 N–H and O–H groups in total. The van der Waals surface area contributed by atoms with Crippen LogP contribution in [0.1, 0.15) is 15.9 Å². The highest BCUT2D eigenvalue weighted by atomic mass is 32.1. The Balaban J connectivity index is 2.91. The third kappa shape index (κ3) is 1.15. The summed E-state index contributed by atoms with van der Waals surface area (Å²) < 4.78 is 0.787. The third-order valence-electron chi connectivity index (χ3n) is 1.98. The van der Waals surface area contributed by atoms with Crippen molar-refractivity contribution in [1.82, 2.24) is 0 Å². The SMILES string of the molecule is N#Cc1c(C=O)ccc2cc(N)sc12. The molecule has 0 saturated heterocycles. The van der Waals surface area contributed by atoms with E-state index >= 15 is 0 Å². The van der Waals surface area contributed by atoms with Crippen LogP contribution in [-0.2, 0) is 0 Å². The Kier molecular flexibility index (Phi) is 1.95. The highest BCUT2D eigenvalue weighted by Gasteiger charge is 2.08. The van der Waals surface area contributed by atoms with Crippen LogP contribution in [0.2, 0.25) is 0 Å². The zero-order chi connectivity index (χ0) is 10.1. The molecule has 0 aliphatic carbocycles. The number of benzene rings is 1. The summed E-state index contributed by atoms with van der Waals surface area (Å²) in [6, 6.07) is 7.26. The van der Waals surface area contributed by atoms with E-state index in [0.29, 0.717) is 22.4 Å². The lowest BCUT2D eigenvalue weighted by molar-refractivity contribution is 0.112. The molecule has 4 heteroatoms. The molecule has 1 aromatic carbocycles. The van der Waals surface area contributed by atoms with Gasteiger partial charge in [0.25, 0.3) is 0 Å². The van der Waals surface area contributed by atoms with Gasteiger partial charge in [-0.15, -0.1) is 11.3 Å². The third-order valence-corrected chi connectivity index (χ3v) is 2.97. The second-order valence-corrected chi connectivity index (χ2v) is 3.91. The maximum absolute atomic E-state index is 10.7. The summed E-state index contributed by atoms with van der Waals surface area (Å²) >= 11 is 1.33. The van der Waals surface area contributed by atoms with Crippen LogP contribution >= 0.6 is 11.3 Å². The zero-order valence-electron chi connectivity index (χ0n) is 7.15. The van der Waals surface area contributed by atoms with Crippen LogP contribution in [0.5, 0.6) is 0 Å². The van der Waals surface area contributed by atoms with Gasteiger partial charge in [0.15, 0.2) is 6.29 Å². The molecule has 1 heterocycles. The molecule has 0 atom stereocenters. The molecule has 0 fully saturated rings. The molecule has 0 saturated carbocycles. The first-order chi connectivity index (χ1) is 6.76. The number of thiophene rings is 1. The maximum atomic E-state index is 10.7. The van der Waals surface area contributed by atoms with Crippen LogP contribution in [0.15, 0.2) is 18.2 Å². The van der Waals surface area contributed by atoms with E-state index < -0.39 is 0 Å². The average molecular weight is 202 g/mol. The van der Waals surface area contributed by atoms with E-state index in [1.807, 2.05) is 6.07 Å². The van der Waals surface area contributed by atoms with Gasteiger partial charge in [-0.2, -0.15) is 5.26 Å². The van der Waals surface area contributed by atoms with Crippen LogP contribution in [0.25, 0.3) is 10.1 Å². The Labute approximate surface area is 84.4 Å². The Hall–Kier alpha value is -1.86. The molecule has 0 aliphatic heterocycles. The van der Waals surface area contributed by atoms with Crippen molar-refractivity contribution in [2.24, 2.45) is 0 Å². The molecule has 0 amide bonds. The lowest BCUT2D eigenvalue weighted by Crippen LogP contribution is -1.86. The fourth-order valence-corrected chi connectivity index (χ4v) is 2.28. The highest BCUT2D eigenvalue weighted by Crippen LogP contribution is 2.31. The van der Waals surface area contributed by atoms with E-state index in [1.165, 1.54) is 11.3 Å². The summed E-state index contributed by atoms with van der Waals surface area (Å²) in [5, 5.41) is 10.5. The second-order valence-electron chi connectivity index (χ2n) is 2.83. The topological polar surface area (TPSA) is 66.9 Å². The molecule has 2 rings (SSSR count). The Morgan fingerprint density at radius 2 is 2.29 bits per heavy atom. The molecular weight excluding hydrogens is 196 g/mol. The van der Waals surface area contributed by atoms with Crippen LogP contribution in [-0.4, -0.2) is 6.29 Å². The van der Waals surface area contributed by atoms with Gasteiger partial charge >= 0.3 is 0 Å². The molecule has 0 aliphatic rings. The largest absolute Gasteiger partial charge is 0.391 e. The minimum absolute atomic E-state index is 0.416. The summed E-state index contributed by atoms with van der Waals surface area (Å²) in [5.41, 5.74) is 6.46. The van der Waals surface area contributed by atoms with Crippen molar-refractivity contribution in [2.75, 3.05) is 5.73 Å². The summed E-state index contributed by atoms with van der Waals surface area (Å²) in [6.45, 7) is 0. The fourth-order valence-electron chi connectivity index (χ4n) is 1.35. The summed E-state index contributed by atoms with van der Waals surface area (Å²) in [7, 11) is 0. The van der Waals surface area contributed by atoms with Gasteiger partial charge in [0.1, 0.15) is 6.07 Å². The van der Waals surface area contributed by atoms with Gasteiger partial charge in [-0.25, -0.2) is 0 Å². The van der Waals surface area contributed by atoms with Crippen molar-refractivity contribution in [3.63, 3.8) is 0 Å². The molecule has 0 unspecified atom stereocenters. The van der Waals surface area contributed by atoms with Gasteiger partial charge in [-0.05, 0) is 17.5 Å². The van der Waals surface area contributed by atoms with Crippen molar-refractivity contribution in [1.29, 1.82) is 5.26 Å². The Morgan fingerprint density at radius 1 is 1.50 bits per heavy atom. The quantitative estimate of drug-likeness (QED) is 0.720. The van der Waals surface area contributed by atoms with Crippen LogP contribution < -0.4 is 5.73 Å². The monoisotopic (exact) mass is 202 g/mol. The lowest BCUT2D eigenvalue weighted by atomic mass is 10.1. The van der Waals surface area contributed by atoms with E-state index in [1.54, 1.807) is 18.2 Å². The van der Waals surface area contributed by atoms with Gasteiger partial charge in [-0.1, -0.05) is 6.07 Å². The molecule has 1 aromatic heterocycles. The maximum Gasteiger partial charge on any atom is 0.151 e. The number of aldehydes is 1. The number of carbonyl (C=O) groups excluding carboxylic acids is 1. The Bertz CT molecular complexity index is 551. The van der Waals surface area contributed by atoms with E-state index in [-0.39, 0.29) is 0 Å². The molecule has 0 radical (unpaired) electrons. The molecule has 68 valence electrons. The Morgan fingerprint density at radius 3 is 2.93 bits per heavy atom. The van der Waals surface area contributed by atoms with Crippen molar-refractivity contribution in [2.45, 2.75) is 0 Å². The van der Waals surface area contributed by atoms with Gasteiger partial charge in [0.2, 0.25) is 0 Å². The van der Waals surface area contributed by atoms with E-state index in [2.05, 4.69) is 0 Å². The first-order valence-corrected chi connectivity index (χ1v) is 4.75. The number of rotatable bonds is 1. The lowest BCUT2D eigenvalue weighted by Gasteiger charge is -1.95. The van der Waals surface area contributed by atoms with Crippen molar-refractivity contribution >= 4 is 32.7 Å². The van der Waals surface area contributed by atoms with Crippen molar-refractivity contribution in [3.05, 3.63) is 29.3 Å². The average Bonchev–Trinajstić information content (AvgIpc) is 2.56. The fraction of sp³-hybridized carbons (Fsp3) is 0. The first kappa shape index (κ1) is 8.73. The predicted molar refractivity (Wildman–Crippen MR) is 56.3 cm³/mol. The number of hydrogen-bond acceptors (Lipinski definition) is 4. The second kappa shape index (κ2) is 3.13. The predicted octanol–water partition coefficient (Wildman–Crippen LogP) is 2.17. The van der Waals surface area contributed by atoms with Crippen molar-refractivity contribution in [3.8, 4) is 6.07 Å². The van der Waals surface area contributed by atoms with E-state index in [4.69, 9.17) is 11.0 Å². The van der Waals surface area contributed by atoms with Crippen molar-refractivity contribution < 1.29 is 4.79 Å². The molecular formula is C10H6N2OS. The molecule has 3 nitrogen and oxygen atoms in total. The summed E-state index contributed by atoms with van der Waals surface area (Å²) in [5.74, 6) is 0. The van der Waals surface area contributed by atoms with Gasteiger partial charge in [0.05, 0.1) is 15.3 Å². The summed E-state index contributed by atoms with van der Waals surface area (Å²) in [4.78, 5) is 10.7. The van der Waals surface area contributed by atoms with Gasteiger partial charge < -0.3 is 5.73 Å². The minimum atomic E-state index is 0.416. The summed E-state index contributed by atoms with van der Waals surface area (Å²) in [6.07, 6.45) is 0.688. The molecule has 2 aromatic rings. The van der Waals surface area contributed by atoms with E-state index in [0.717, 1.165) is 10.1 Å². The normalized spacial score (nSPS) is 9.93. The number of carbonyl (C=O) groups is 1. The number of anilines is 1.